The Labute approximate surface area is 176 Å². The SMILES string of the molecule is CC(=O)O[C@@H]1CCN[C@@H]1Cc1ccc(OCC(=O)N[C@@H](CCCCN)C(N)=O)cc1. The van der Waals surface area contributed by atoms with Crippen molar-refractivity contribution in [2.45, 2.75) is 57.2 Å². The molecule has 0 bridgehead atoms. The average molecular weight is 421 g/mol. The van der Waals surface area contributed by atoms with Crippen LogP contribution >= 0.6 is 0 Å². The Balaban J connectivity index is 1.79. The van der Waals surface area contributed by atoms with Crippen molar-refractivity contribution in [3.8, 4) is 5.75 Å². The summed E-state index contributed by atoms with van der Waals surface area (Å²) in [6, 6.07) is 6.75. The van der Waals surface area contributed by atoms with E-state index in [1.54, 1.807) is 12.1 Å². The highest BCUT2D eigenvalue weighted by Gasteiger charge is 2.29. The van der Waals surface area contributed by atoms with Crippen molar-refractivity contribution in [2.75, 3.05) is 19.7 Å². The van der Waals surface area contributed by atoms with Gasteiger partial charge in [0.2, 0.25) is 5.91 Å². The van der Waals surface area contributed by atoms with Gasteiger partial charge in [-0.15, -0.1) is 0 Å². The molecule has 1 aromatic carbocycles. The maximum absolute atomic E-state index is 12.1. The first-order valence-electron chi connectivity index (χ1n) is 10.3. The second kappa shape index (κ2) is 12.1. The van der Waals surface area contributed by atoms with Crippen LogP contribution in [-0.2, 0) is 25.5 Å². The van der Waals surface area contributed by atoms with E-state index in [2.05, 4.69) is 10.6 Å². The van der Waals surface area contributed by atoms with Gasteiger partial charge < -0.3 is 31.6 Å². The van der Waals surface area contributed by atoms with Crippen LogP contribution in [0.4, 0.5) is 0 Å². The van der Waals surface area contributed by atoms with Gasteiger partial charge in [-0.1, -0.05) is 12.1 Å². The fourth-order valence-electron chi connectivity index (χ4n) is 3.44. The first-order valence-corrected chi connectivity index (χ1v) is 10.3. The standard InChI is InChI=1S/C21H32N4O5/c1-14(26)30-19-9-11-24-18(19)12-15-5-7-16(8-6-15)29-13-20(27)25-17(21(23)28)4-2-3-10-22/h5-8,17-19,24H,2-4,9-13,22H2,1H3,(H2,23,28)(H,25,27)/t17-,18+,19+/m0/s1. The number of benzene rings is 1. The van der Waals surface area contributed by atoms with Gasteiger partial charge in [-0.2, -0.15) is 0 Å². The molecule has 0 aromatic heterocycles. The quantitative estimate of drug-likeness (QED) is 0.275. The Morgan fingerprint density at radius 1 is 1.23 bits per heavy atom. The van der Waals surface area contributed by atoms with E-state index in [9.17, 15) is 14.4 Å². The molecule has 1 aliphatic rings. The lowest BCUT2D eigenvalue weighted by Gasteiger charge is -2.19. The number of ether oxygens (including phenoxy) is 2. The maximum atomic E-state index is 12.1. The van der Waals surface area contributed by atoms with Crippen molar-refractivity contribution in [1.82, 2.24) is 10.6 Å². The Kier molecular flexibility index (Phi) is 9.56. The molecule has 1 saturated heterocycles. The lowest BCUT2D eigenvalue weighted by molar-refractivity contribution is -0.146. The molecule has 1 aromatic rings. The first kappa shape index (κ1) is 23.6. The number of nitrogens with one attached hydrogen (secondary N) is 2. The zero-order valence-corrected chi connectivity index (χ0v) is 17.4. The van der Waals surface area contributed by atoms with E-state index in [-0.39, 0.29) is 24.7 Å². The molecule has 0 unspecified atom stereocenters. The molecule has 0 spiro atoms. The van der Waals surface area contributed by atoms with E-state index in [4.69, 9.17) is 20.9 Å². The molecule has 6 N–H and O–H groups in total. The summed E-state index contributed by atoms with van der Waals surface area (Å²) >= 11 is 0. The highest BCUT2D eigenvalue weighted by Crippen LogP contribution is 2.19. The van der Waals surface area contributed by atoms with Gasteiger partial charge in [0.25, 0.3) is 5.91 Å². The Bertz CT molecular complexity index is 710. The predicted octanol–water partition coefficient (Wildman–Crippen LogP) is 0.000600. The van der Waals surface area contributed by atoms with Crippen LogP contribution in [0.25, 0.3) is 0 Å². The molecule has 1 fully saturated rings. The van der Waals surface area contributed by atoms with E-state index < -0.39 is 17.9 Å². The molecular weight excluding hydrogens is 388 g/mol. The molecule has 166 valence electrons. The number of rotatable bonds is 12. The molecule has 0 radical (unpaired) electrons. The fraction of sp³-hybridized carbons (Fsp3) is 0.571. The average Bonchev–Trinajstić information content (AvgIpc) is 3.12. The molecule has 30 heavy (non-hydrogen) atoms. The fourth-order valence-corrected chi connectivity index (χ4v) is 3.44. The van der Waals surface area contributed by atoms with Gasteiger partial charge in [0.05, 0.1) is 0 Å². The molecule has 3 atom stereocenters. The van der Waals surface area contributed by atoms with Gasteiger partial charge in [0, 0.05) is 13.0 Å². The van der Waals surface area contributed by atoms with Crippen molar-refractivity contribution in [1.29, 1.82) is 0 Å². The van der Waals surface area contributed by atoms with Gasteiger partial charge >= 0.3 is 5.97 Å². The van der Waals surface area contributed by atoms with Crippen LogP contribution in [0.15, 0.2) is 24.3 Å². The van der Waals surface area contributed by atoms with Crippen LogP contribution in [0, 0.1) is 0 Å². The van der Waals surface area contributed by atoms with E-state index in [1.165, 1.54) is 6.92 Å². The number of carbonyl (C=O) groups excluding carboxylic acids is 3. The zero-order chi connectivity index (χ0) is 21.9. The van der Waals surface area contributed by atoms with Gasteiger partial charge in [-0.05, 0) is 62.9 Å². The summed E-state index contributed by atoms with van der Waals surface area (Å²) in [5.41, 5.74) is 11.8. The molecule has 0 saturated carbocycles. The van der Waals surface area contributed by atoms with Crippen LogP contribution in [0.1, 0.15) is 38.2 Å². The number of hydrogen-bond acceptors (Lipinski definition) is 7. The van der Waals surface area contributed by atoms with Crippen molar-refractivity contribution in [3.63, 3.8) is 0 Å². The van der Waals surface area contributed by atoms with Gasteiger partial charge in [0.15, 0.2) is 6.61 Å². The smallest absolute Gasteiger partial charge is 0.302 e. The predicted molar refractivity (Wildman–Crippen MR) is 112 cm³/mol. The first-order chi connectivity index (χ1) is 14.4. The van der Waals surface area contributed by atoms with Crippen molar-refractivity contribution in [3.05, 3.63) is 29.8 Å². The van der Waals surface area contributed by atoms with E-state index in [1.807, 2.05) is 12.1 Å². The molecule has 1 heterocycles. The Hall–Kier alpha value is -2.65. The van der Waals surface area contributed by atoms with E-state index in [0.29, 0.717) is 25.1 Å². The number of hydrogen-bond donors (Lipinski definition) is 4. The number of amides is 2. The molecule has 2 rings (SSSR count). The minimum absolute atomic E-state index is 0.0800. The van der Waals surface area contributed by atoms with E-state index in [0.717, 1.165) is 31.4 Å². The summed E-state index contributed by atoms with van der Waals surface area (Å²) in [6.07, 6.45) is 3.34. The van der Waals surface area contributed by atoms with Crippen molar-refractivity contribution >= 4 is 17.8 Å². The molecular formula is C21H32N4O5. The Morgan fingerprint density at radius 2 is 1.97 bits per heavy atom. The summed E-state index contributed by atoms with van der Waals surface area (Å²) in [5, 5.41) is 5.95. The minimum atomic E-state index is -0.723. The summed E-state index contributed by atoms with van der Waals surface area (Å²) in [6.45, 7) is 2.55. The lowest BCUT2D eigenvalue weighted by atomic mass is 10.0. The molecule has 9 heteroatoms. The van der Waals surface area contributed by atoms with Crippen molar-refractivity contribution in [2.24, 2.45) is 11.5 Å². The summed E-state index contributed by atoms with van der Waals surface area (Å²) < 4.78 is 10.9. The topological polar surface area (TPSA) is 146 Å². The van der Waals surface area contributed by atoms with Crippen LogP contribution in [-0.4, -0.2) is 55.7 Å². The number of carbonyl (C=O) groups is 3. The lowest BCUT2D eigenvalue weighted by Crippen LogP contribution is -2.46. The summed E-state index contributed by atoms with van der Waals surface area (Å²) in [5.74, 6) is -0.704. The van der Waals surface area contributed by atoms with Crippen LogP contribution < -0.4 is 26.8 Å². The van der Waals surface area contributed by atoms with Crippen LogP contribution in [0.3, 0.4) is 0 Å². The van der Waals surface area contributed by atoms with Crippen LogP contribution in [0.2, 0.25) is 0 Å². The van der Waals surface area contributed by atoms with Crippen molar-refractivity contribution < 1.29 is 23.9 Å². The molecule has 1 aliphatic heterocycles. The van der Waals surface area contributed by atoms with E-state index >= 15 is 0 Å². The second-order valence-electron chi connectivity index (χ2n) is 7.44. The highest BCUT2D eigenvalue weighted by atomic mass is 16.5. The monoisotopic (exact) mass is 420 g/mol. The zero-order valence-electron chi connectivity index (χ0n) is 17.4. The molecule has 2 amide bonds. The summed E-state index contributed by atoms with van der Waals surface area (Å²) in [4.78, 5) is 34.7. The van der Waals surface area contributed by atoms with Gasteiger partial charge in [-0.3, -0.25) is 14.4 Å². The van der Waals surface area contributed by atoms with Gasteiger partial charge in [0.1, 0.15) is 17.9 Å². The third-order valence-corrected chi connectivity index (χ3v) is 4.98. The third-order valence-electron chi connectivity index (χ3n) is 4.98. The number of unbranched alkanes of at least 4 members (excludes halogenated alkanes) is 1. The molecule has 0 aliphatic carbocycles. The number of primary amides is 1. The maximum Gasteiger partial charge on any atom is 0.302 e. The third kappa shape index (κ3) is 8.00. The second-order valence-corrected chi connectivity index (χ2v) is 7.44. The summed E-state index contributed by atoms with van der Waals surface area (Å²) in [7, 11) is 0. The molecule has 9 nitrogen and oxygen atoms in total. The largest absolute Gasteiger partial charge is 0.484 e. The highest BCUT2D eigenvalue weighted by molar-refractivity contribution is 5.87. The number of nitrogens with two attached hydrogens (primary N) is 2. The minimum Gasteiger partial charge on any atom is -0.484 e. The van der Waals surface area contributed by atoms with Crippen LogP contribution in [0.5, 0.6) is 5.75 Å². The number of esters is 1. The normalized spacial score (nSPS) is 19.1. The van der Waals surface area contributed by atoms with Gasteiger partial charge in [-0.25, -0.2) is 0 Å². The Morgan fingerprint density at radius 3 is 2.60 bits per heavy atom.